The molecule has 5 rings (SSSR count). The Balaban J connectivity index is 1.65. The minimum absolute atomic E-state index is 0.0878. The predicted octanol–water partition coefficient (Wildman–Crippen LogP) is 4.08. The van der Waals surface area contributed by atoms with Crippen LogP contribution < -0.4 is 10.2 Å². The molecule has 4 aliphatic heterocycles. The number of fused-ring (bicyclic) bond motifs is 4. The number of ether oxygens (including phenoxy) is 7. The van der Waals surface area contributed by atoms with Crippen molar-refractivity contribution in [3.63, 3.8) is 0 Å². The maximum absolute atomic E-state index is 14.5. The van der Waals surface area contributed by atoms with Crippen molar-refractivity contribution < 1.29 is 57.2 Å². The summed E-state index contributed by atoms with van der Waals surface area (Å²) in [6.45, 7) is 15.6. The van der Waals surface area contributed by atoms with Crippen LogP contribution in [0.15, 0.2) is 29.7 Å². The average molecular weight is 789 g/mol. The van der Waals surface area contributed by atoms with Gasteiger partial charge in [0.1, 0.15) is 17.6 Å². The van der Waals surface area contributed by atoms with Crippen LogP contribution in [0.1, 0.15) is 81.6 Å². The van der Waals surface area contributed by atoms with Crippen LogP contribution in [0.2, 0.25) is 0 Å². The summed E-state index contributed by atoms with van der Waals surface area (Å²) in [7, 11) is 3.81. The largest absolute Gasteiger partial charge is 0.458 e. The van der Waals surface area contributed by atoms with Crippen LogP contribution in [0.5, 0.6) is 5.75 Å². The first-order chi connectivity index (χ1) is 26.4. The van der Waals surface area contributed by atoms with Crippen LogP contribution in [-0.4, -0.2) is 127 Å². The van der Waals surface area contributed by atoms with Crippen LogP contribution in [0.4, 0.5) is 4.79 Å². The van der Waals surface area contributed by atoms with E-state index in [1.54, 1.807) is 39.1 Å². The fourth-order valence-electron chi connectivity index (χ4n) is 8.92. The monoisotopic (exact) mass is 788 g/mol. The molecule has 5 heterocycles. The second-order valence-electron chi connectivity index (χ2n) is 16.5. The first-order valence-corrected chi connectivity index (χ1v) is 19.6. The van der Waals surface area contributed by atoms with Crippen LogP contribution >= 0.6 is 0 Å². The van der Waals surface area contributed by atoms with E-state index >= 15 is 0 Å². The summed E-state index contributed by atoms with van der Waals surface area (Å²) in [5, 5.41) is 7.21. The van der Waals surface area contributed by atoms with Gasteiger partial charge in [0.15, 0.2) is 23.7 Å². The van der Waals surface area contributed by atoms with Gasteiger partial charge in [-0.25, -0.2) is 4.79 Å². The van der Waals surface area contributed by atoms with Gasteiger partial charge in [-0.15, -0.1) is 0 Å². The van der Waals surface area contributed by atoms with E-state index in [1.807, 2.05) is 53.6 Å². The van der Waals surface area contributed by atoms with Crippen molar-refractivity contribution in [1.82, 2.24) is 15.2 Å². The van der Waals surface area contributed by atoms with Crippen LogP contribution in [-0.2, 0) is 47.5 Å². The number of likely N-dealkylation sites (N-methyl/N-ethyl adjacent to an activating group) is 1. The van der Waals surface area contributed by atoms with E-state index in [9.17, 15) is 19.2 Å². The molecule has 1 aromatic rings. The Bertz CT molecular complexity index is 1600. The van der Waals surface area contributed by atoms with Crippen LogP contribution in [0.3, 0.4) is 0 Å². The number of oxime groups is 1. The first kappa shape index (κ1) is 43.4. The van der Waals surface area contributed by atoms with Crippen molar-refractivity contribution in [1.29, 1.82) is 0 Å². The fraction of sp³-hybridized carbons (Fsp3) is 0.750. The maximum Gasteiger partial charge on any atom is 0.408 e. The zero-order valence-corrected chi connectivity index (χ0v) is 34.5. The van der Waals surface area contributed by atoms with Crippen molar-refractivity contribution in [3.8, 4) is 5.75 Å². The number of hydrogen-bond acceptors (Lipinski definition) is 15. The quantitative estimate of drug-likeness (QED) is 0.237. The molecule has 0 saturated carbocycles. The Kier molecular flexibility index (Phi) is 13.8. The Morgan fingerprint density at radius 1 is 1.09 bits per heavy atom. The van der Waals surface area contributed by atoms with Gasteiger partial charge in [0.25, 0.3) is 0 Å². The van der Waals surface area contributed by atoms with E-state index in [0.29, 0.717) is 24.3 Å². The predicted molar refractivity (Wildman–Crippen MR) is 202 cm³/mol. The Morgan fingerprint density at radius 3 is 2.46 bits per heavy atom. The summed E-state index contributed by atoms with van der Waals surface area (Å²) in [5.74, 6) is -3.78. The number of ketones is 1. The lowest BCUT2D eigenvalue weighted by Gasteiger charge is -2.49. The molecule has 16 nitrogen and oxygen atoms in total. The molecule has 0 radical (unpaired) electrons. The van der Waals surface area contributed by atoms with E-state index < -0.39 is 89.7 Å². The van der Waals surface area contributed by atoms with Gasteiger partial charge < -0.3 is 48.2 Å². The van der Waals surface area contributed by atoms with Gasteiger partial charge in [0, 0.05) is 30.9 Å². The second kappa shape index (κ2) is 17.8. The van der Waals surface area contributed by atoms with Gasteiger partial charge in [0.2, 0.25) is 0 Å². The third-order valence-corrected chi connectivity index (χ3v) is 11.8. The number of nitrogens with zero attached hydrogens (tertiary/aromatic N) is 3. The van der Waals surface area contributed by atoms with Crippen molar-refractivity contribution in [2.24, 2.45) is 28.8 Å². The molecule has 4 aliphatic rings. The lowest BCUT2D eigenvalue weighted by molar-refractivity contribution is -0.304. The number of esters is 2. The Morgan fingerprint density at radius 2 is 1.82 bits per heavy atom. The molecular weight excluding hydrogens is 728 g/mol. The van der Waals surface area contributed by atoms with Gasteiger partial charge in [-0.2, -0.15) is 0 Å². The van der Waals surface area contributed by atoms with E-state index in [1.165, 1.54) is 13.1 Å². The minimum atomic E-state index is -1.34. The number of rotatable bonds is 7. The number of alkyl carbamates (subject to hydrolysis) is 1. The molecule has 0 aromatic carbocycles. The number of Topliss-reactive ketones (excluding diaryl/α,β-unsaturated/α-hetero) is 1. The number of aromatic nitrogens is 1. The number of amides is 1. The zero-order valence-electron chi connectivity index (χ0n) is 34.5. The van der Waals surface area contributed by atoms with E-state index in [4.69, 9.17) is 38.0 Å². The van der Waals surface area contributed by atoms with Crippen molar-refractivity contribution in [2.45, 2.75) is 142 Å². The first-order valence-electron chi connectivity index (χ1n) is 19.6. The van der Waals surface area contributed by atoms with Gasteiger partial charge in [-0.05, 0) is 73.2 Å². The molecule has 16 heteroatoms. The van der Waals surface area contributed by atoms with Crippen molar-refractivity contribution in [3.05, 3.63) is 24.5 Å². The lowest BCUT2D eigenvalue weighted by Crippen LogP contribution is -2.61. The number of carbonyl (C=O) groups excluding carboxylic acids is 4. The van der Waals surface area contributed by atoms with Gasteiger partial charge in [0.05, 0.1) is 61.3 Å². The molecule has 14 atom stereocenters. The summed E-state index contributed by atoms with van der Waals surface area (Å²) in [6, 6.07) is 2.38. The smallest absolute Gasteiger partial charge is 0.408 e. The van der Waals surface area contributed by atoms with E-state index in [-0.39, 0.29) is 37.6 Å². The highest BCUT2D eigenvalue weighted by Crippen LogP contribution is 2.42. The molecule has 1 N–H and O–H groups in total. The van der Waals surface area contributed by atoms with Gasteiger partial charge in [-0.1, -0.05) is 32.9 Å². The molecule has 1 amide bonds. The maximum atomic E-state index is 14.5. The van der Waals surface area contributed by atoms with Gasteiger partial charge >= 0.3 is 18.0 Å². The third kappa shape index (κ3) is 9.36. The number of hydrogen-bond donors (Lipinski definition) is 1. The normalized spacial score (nSPS) is 40.6. The SMILES string of the molecule is CC[C@H]1OC(=O)[C@H](C)[C@H]2OC/C(=N/Oc3cccnc3)CO[C@](C)(C[C@@H](C)C(=O)[C@H](C)[C@@H]3NC(=O)O[C@]13C)[C@H](O[C@@H]1O[C@H](C)C[C@H](N(C)C)[C@H]1OC(C)=O)[C@@H]2C. The lowest BCUT2D eigenvalue weighted by atomic mass is 9.73. The molecular formula is C40H60N4O12. The Hall–Kier alpha value is -3.70. The molecule has 0 spiro atoms. The average Bonchev–Trinajstić information content (AvgIpc) is 3.48. The summed E-state index contributed by atoms with van der Waals surface area (Å²) < 4.78 is 44.9. The van der Waals surface area contributed by atoms with Gasteiger partial charge in [-0.3, -0.25) is 19.4 Å². The highest BCUT2D eigenvalue weighted by molar-refractivity contribution is 5.87. The van der Waals surface area contributed by atoms with Crippen LogP contribution in [0.25, 0.3) is 0 Å². The van der Waals surface area contributed by atoms with Crippen molar-refractivity contribution in [2.75, 3.05) is 27.3 Å². The molecule has 2 bridgehead atoms. The summed E-state index contributed by atoms with van der Waals surface area (Å²) >= 11 is 0. The third-order valence-electron chi connectivity index (χ3n) is 11.8. The molecule has 4 fully saturated rings. The van der Waals surface area contributed by atoms with E-state index in [2.05, 4.69) is 15.5 Å². The number of pyridine rings is 1. The fourth-order valence-corrected chi connectivity index (χ4v) is 8.92. The molecule has 0 unspecified atom stereocenters. The zero-order chi connectivity index (χ0) is 41.1. The highest BCUT2D eigenvalue weighted by Gasteiger charge is 2.58. The molecule has 1 aromatic heterocycles. The minimum Gasteiger partial charge on any atom is -0.458 e. The van der Waals surface area contributed by atoms with Crippen LogP contribution in [0, 0.1) is 23.7 Å². The standard InChI is InChI=1S/C40H60N4O12/c1-12-30-40(9)34(42-38(48)55-40)23(4)31(46)21(2)17-39(8)35(54-37-33(52-26(7)45)29(44(10)11)16-22(3)51-37)24(5)32(25(6)36(47)53-30)49-19-27(20-50-39)43-56-28-14-13-15-41-18-28/h13-15,18,21-25,29-30,32-35,37H,12,16-17,19-20H2,1-11H3,(H,42,48)/b43-27-/t21-,22-,23+,24-,25-,29+,30-,32+,33-,34+,35-,37+,39-,40-/m1/s1. The summed E-state index contributed by atoms with van der Waals surface area (Å²) in [4.78, 5) is 66.0. The molecule has 56 heavy (non-hydrogen) atoms. The van der Waals surface area contributed by atoms with E-state index in [0.717, 1.165) is 0 Å². The number of nitrogens with one attached hydrogen (secondary N) is 1. The molecule has 4 saturated heterocycles. The van der Waals surface area contributed by atoms with Crippen molar-refractivity contribution >= 4 is 29.5 Å². The summed E-state index contributed by atoms with van der Waals surface area (Å²) in [6.07, 6.45) is -1.39. The summed E-state index contributed by atoms with van der Waals surface area (Å²) in [5.41, 5.74) is -2.26. The molecule has 0 aliphatic carbocycles. The molecule has 312 valence electrons. The number of carbonyl (C=O) groups is 4. The second-order valence-corrected chi connectivity index (χ2v) is 16.5. The topological polar surface area (TPSA) is 183 Å². The Labute approximate surface area is 329 Å². The number of cyclic esters (lactones) is 1. The highest BCUT2D eigenvalue weighted by atomic mass is 16.7.